The molecular formula is C21H34N3O3S+. The van der Waals surface area contributed by atoms with Crippen LogP contribution in [0.1, 0.15) is 45.1 Å². The van der Waals surface area contributed by atoms with Gasteiger partial charge in [-0.25, -0.2) is 8.42 Å². The molecule has 1 amide bonds. The molecule has 2 aliphatic heterocycles. The number of likely N-dealkylation sites (tertiary alicyclic amines) is 1. The molecule has 7 heteroatoms. The van der Waals surface area contributed by atoms with Crippen LogP contribution in [0.4, 0.5) is 5.69 Å². The highest BCUT2D eigenvalue weighted by atomic mass is 32.2. The van der Waals surface area contributed by atoms with Gasteiger partial charge < -0.3 is 10.2 Å². The van der Waals surface area contributed by atoms with E-state index < -0.39 is 10.0 Å². The normalized spacial score (nSPS) is 26.8. The number of nitrogens with one attached hydrogen (secondary N) is 2. The van der Waals surface area contributed by atoms with Crippen LogP contribution in [0.3, 0.4) is 0 Å². The maximum atomic E-state index is 12.9. The van der Waals surface area contributed by atoms with Crippen LogP contribution >= 0.6 is 0 Å². The lowest BCUT2D eigenvalue weighted by Crippen LogP contribution is -3.15. The van der Waals surface area contributed by atoms with E-state index in [0.29, 0.717) is 37.2 Å². The number of piperidine rings is 2. The number of rotatable bonds is 5. The molecule has 2 fully saturated rings. The van der Waals surface area contributed by atoms with E-state index in [2.05, 4.69) is 19.2 Å². The SMILES string of the molecule is Cc1ccc(S(=O)(=O)N2CCCCC2)cc1NC(=O)C[NH+]1C[C@H](C)C[C@H](C)C1. The third kappa shape index (κ3) is 5.13. The second kappa shape index (κ2) is 8.93. The number of quaternary nitrogens is 1. The van der Waals surface area contributed by atoms with Gasteiger partial charge in [-0.15, -0.1) is 0 Å². The third-order valence-corrected chi connectivity index (χ3v) is 7.82. The molecule has 2 heterocycles. The standard InChI is InChI=1S/C21H33N3O3S/c1-16-11-17(2)14-23(13-16)15-21(25)22-20-12-19(8-7-18(20)3)28(26,27)24-9-5-4-6-10-24/h7-8,12,16-17H,4-6,9-11,13-15H2,1-3H3,(H,22,25)/p+1/t16-,17+. The average molecular weight is 409 g/mol. The highest BCUT2D eigenvalue weighted by molar-refractivity contribution is 7.89. The van der Waals surface area contributed by atoms with Crippen molar-refractivity contribution in [1.29, 1.82) is 0 Å². The van der Waals surface area contributed by atoms with Crippen LogP contribution < -0.4 is 10.2 Å². The number of aryl methyl sites for hydroxylation is 1. The maximum absolute atomic E-state index is 12.9. The van der Waals surface area contributed by atoms with Crippen molar-refractivity contribution in [2.75, 3.05) is 38.0 Å². The van der Waals surface area contributed by atoms with Crippen molar-refractivity contribution < 1.29 is 18.1 Å². The Bertz CT molecular complexity index is 793. The van der Waals surface area contributed by atoms with E-state index in [4.69, 9.17) is 0 Å². The van der Waals surface area contributed by atoms with Crippen molar-refractivity contribution in [3.63, 3.8) is 0 Å². The monoisotopic (exact) mass is 408 g/mol. The number of hydrogen-bond donors (Lipinski definition) is 2. The maximum Gasteiger partial charge on any atom is 0.279 e. The molecule has 0 saturated carbocycles. The molecule has 3 rings (SSSR count). The minimum absolute atomic E-state index is 0.0491. The molecule has 2 saturated heterocycles. The Labute approximate surface area is 169 Å². The zero-order chi connectivity index (χ0) is 20.3. The zero-order valence-electron chi connectivity index (χ0n) is 17.3. The first-order valence-corrected chi connectivity index (χ1v) is 11.9. The number of amides is 1. The summed E-state index contributed by atoms with van der Waals surface area (Å²) in [5, 5.41) is 2.96. The first kappa shape index (κ1) is 21.3. The van der Waals surface area contributed by atoms with Gasteiger partial charge >= 0.3 is 0 Å². The van der Waals surface area contributed by atoms with Crippen LogP contribution in [0.15, 0.2) is 23.1 Å². The van der Waals surface area contributed by atoms with Crippen molar-refractivity contribution in [3.8, 4) is 0 Å². The molecule has 0 bridgehead atoms. The number of nitrogens with zero attached hydrogens (tertiary/aromatic N) is 1. The summed E-state index contributed by atoms with van der Waals surface area (Å²) in [6, 6.07) is 5.05. The lowest BCUT2D eigenvalue weighted by molar-refractivity contribution is -0.904. The number of carbonyl (C=O) groups excluding carboxylic acids is 1. The number of hydrogen-bond acceptors (Lipinski definition) is 3. The smallest absolute Gasteiger partial charge is 0.279 e. The van der Waals surface area contributed by atoms with Gasteiger partial charge in [0.25, 0.3) is 5.91 Å². The number of anilines is 1. The van der Waals surface area contributed by atoms with Crippen molar-refractivity contribution in [2.45, 2.75) is 51.3 Å². The van der Waals surface area contributed by atoms with E-state index in [1.54, 1.807) is 22.5 Å². The number of sulfonamides is 1. The molecule has 3 atom stereocenters. The molecule has 156 valence electrons. The Morgan fingerprint density at radius 3 is 2.43 bits per heavy atom. The summed E-state index contributed by atoms with van der Waals surface area (Å²) >= 11 is 0. The summed E-state index contributed by atoms with van der Waals surface area (Å²) in [6.07, 6.45) is 4.12. The number of carbonyl (C=O) groups is 1. The fraction of sp³-hybridized carbons (Fsp3) is 0.667. The lowest BCUT2D eigenvalue weighted by Gasteiger charge is -2.31. The largest absolute Gasteiger partial charge is 0.327 e. The average Bonchev–Trinajstić information content (AvgIpc) is 2.63. The molecule has 0 spiro atoms. The topological polar surface area (TPSA) is 70.9 Å². The summed E-state index contributed by atoms with van der Waals surface area (Å²) in [6.45, 7) is 9.99. The van der Waals surface area contributed by atoms with Gasteiger partial charge in [0.1, 0.15) is 0 Å². The quantitative estimate of drug-likeness (QED) is 0.779. The van der Waals surface area contributed by atoms with Crippen molar-refractivity contribution >= 4 is 21.6 Å². The van der Waals surface area contributed by atoms with E-state index in [1.807, 2.05) is 6.92 Å². The Morgan fingerprint density at radius 1 is 1.14 bits per heavy atom. The molecule has 1 aromatic carbocycles. The van der Waals surface area contributed by atoms with Crippen LogP contribution in [0.2, 0.25) is 0 Å². The second-order valence-electron chi connectivity index (χ2n) is 8.77. The molecule has 1 aromatic rings. The summed E-state index contributed by atoms with van der Waals surface area (Å²) in [7, 11) is -3.50. The van der Waals surface area contributed by atoms with Crippen molar-refractivity contribution in [1.82, 2.24) is 4.31 Å². The van der Waals surface area contributed by atoms with E-state index in [1.165, 1.54) is 11.3 Å². The van der Waals surface area contributed by atoms with E-state index in [9.17, 15) is 13.2 Å². The van der Waals surface area contributed by atoms with Gasteiger partial charge in [0.15, 0.2) is 6.54 Å². The molecule has 28 heavy (non-hydrogen) atoms. The highest BCUT2D eigenvalue weighted by Crippen LogP contribution is 2.25. The predicted octanol–water partition coefficient (Wildman–Crippen LogP) is 1.67. The molecule has 2 aliphatic rings. The molecule has 0 radical (unpaired) electrons. The minimum Gasteiger partial charge on any atom is -0.327 e. The van der Waals surface area contributed by atoms with Gasteiger partial charge in [-0.05, 0) is 43.9 Å². The van der Waals surface area contributed by atoms with Gasteiger partial charge in [-0.2, -0.15) is 4.31 Å². The lowest BCUT2D eigenvalue weighted by atomic mass is 9.92. The van der Waals surface area contributed by atoms with Crippen molar-refractivity contribution in [2.24, 2.45) is 11.8 Å². The first-order chi connectivity index (χ1) is 13.3. The Kier molecular flexibility index (Phi) is 6.78. The summed E-state index contributed by atoms with van der Waals surface area (Å²) in [5.74, 6) is 1.21. The number of benzene rings is 1. The molecule has 2 N–H and O–H groups in total. The van der Waals surface area contributed by atoms with Crippen molar-refractivity contribution in [3.05, 3.63) is 23.8 Å². The van der Waals surface area contributed by atoms with Crippen LogP contribution in [-0.4, -0.2) is 51.4 Å². The summed E-state index contributed by atoms with van der Waals surface area (Å²) in [5.41, 5.74) is 1.47. The summed E-state index contributed by atoms with van der Waals surface area (Å²) < 4.78 is 27.4. The Hall–Kier alpha value is -1.44. The molecule has 0 aliphatic carbocycles. The van der Waals surface area contributed by atoms with Gasteiger partial charge in [-0.3, -0.25) is 4.79 Å². The van der Waals surface area contributed by atoms with Gasteiger partial charge in [0.05, 0.1) is 18.0 Å². The van der Waals surface area contributed by atoms with Crippen LogP contribution in [0.25, 0.3) is 0 Å². The fourth-order valence-corrected chi connectivity index (χ4v) is 6.18. The highest BCUT2D eigenvalue weighted by Gasteiger charge is 2.28. The summed E-state index contributed by atoms with van der Waals surface area (Å²) in [4.78, 5) is 14.2. The second-order valence-corrected chi connectivity index (χ2v) is 10.7. The predicted molar refractivity (Wildman–Crippen MR) is 111 cm³/mol. The fourth-order valence-electron chi connectivity index (χ4n) is 4.64. The van der Waals surface area contributed by atoms with Crippen LogP contribution in [0, 0.1) is 18.8 Å². The molecular weight excluding hydrogens is 374 g/mol. The first-order valence-electron chi connectivity index (χ1n) is 10.5. The molecule has 1 unspecified atom stereocenters. The van der Waals surface area contributed by atoms with E-state index in [0.717, 1.165) is 37.9 Å². The van der Waals surface area contributed by atoms with E-state index in [-0.39, 0.29) is 10.8 Å². The molecule has 0 aromatic heterocycles. The molecule has 6 nitrogen and oxygen atoms in total. The minimum atomic E-state index is -3.50. The zero-order valence-corrected chi connectivity index (χ0v) is 18.1. The Balaban J connectivity index is 1.70. The van der Waals surface area contributed by atoms with E-state index >= 15 is 0 Å². The van der Waals surface area contributed by atoms with Crippen LogP contribution in [-0.2, 0) is 14.8 Å². The van der Waals surface area contributed by atoms with Crippen LogP contribution in [0.5, 0.6) is 0 Å². The van der Waals surface area contributed by atoms with Gasteiger partial charge in [-0.1, -0.05) is 26.3 Å². The third-order valence-electron chi connectivity index (χ3n) is 5.93. The van der Waals surface area contributed by atoms with Gasteiger partial charge in [0, 0.05) is 30.6 Å². The Morgan fingerprint density at radius 2 is 1.79 bits per heavy atom. The van der Waals surface area contributed by atoms with Gasteiger partial charge in [0.2, 0.25) is 10.0 Å².